The molecular weight excluding hydrogens is 268 g/mol. The minimum absolute atomic E-state index is 0.177. The lowest BCUT2D eigenvalue weighted by molar-refractivity contribution is 0.0697. The van der Waals surface area contributed by atoms with Crippen molar-refractivity contribution in [2.75, 3.05) is 6.54 Å². The largest absolute Gasteiger partial charge is 0.478 e. The first-order chi connectivity index (χ1) is 9.93. The number of carboxylic acids is 1. The summed E-state index contributed by atoms with van der Waals surface area (Å²) in [6.07, 6.45) is 2.36. The Morgan fingerprint density at radius 2 is 1.81 bits per heavy atom. The number of hydrogen-bond acceptors (Lipinski definition) is 2. The van der Waals surface area contributed by atoms with E-state index in [1.807, 2.05) is 0 Å². The molecule has 0 heterocycles. The predicted molar refractivity (Wildman–Crippen MR) is 80.1 cm³/mol. The van der Waals surface area contributed by atoms with Gasteiger partial charge in [0.1, 0.15) is 0 Å². The number of aromatic carboxylic acids is 1. The maximum absolute atomic E-state index is 11.8. The minimum Gasteiger partial charge on any atom is -0.478 e. The first kappa shape index (κ1) is 15.4. The van der Waals surface area contributed by atoms with Gasteiger partial charge in [0, 0.05) is 13.1 Å². The van der Waals surface area contributed by atoms with Crippen molar-refractivity contribution < 1.29 is 14.7 Å². The van der Waals surface area contributed by atoms with Crippen LogP contribution in [0.3, 0.4) is 0 Å². The quantitative estimate of drug-likeness (QED) is 0.753. The van der Waals surface area contributed by atoms with Crippen molar-refractivity contribution in [3.8, 4) is 0 Å². The third kappa shape index (κ3) is 3.97. The Balaban J connectivity index is 1.75. The molecule has 1 aliphatic carbocycles. The molecule has 0 radical (unpaired) electrons. The van der Waals surface area contributed by atoms with Gasteiger partial charge in [-0.3, -0.25) is 0 Å². The molecule has 2 rings (SSSR count). The molecule has 0 atom stereocenters. The molecule has 0 spiro atoms. The zero-order chi connectivity index (χ0) is 15.5. The molecule has 1 saturated carbocycles. The smallest absolute Gasteiger partial charge is 0.335 e. The molecule has 0 unspecified atom stereocenters. The molecule has 1 aromatic carbocycles. The van der Waals surface area contributed by atoms with Crippen molar-refractivity contribution in [3.63, 3.8) is 0 Å². The first-order valence-corrected chi connectivity index (χ1v) is 7.27. The van der Waals surface area contributed by atoms with Crippen molar-refractivity contribution >= 4 is 12.0 Å². The number of hydrogen-bond donors (Lipinski definition) is 3. The van der Waals surface area contributed by atoms with Gasteiger partial charge in [0.05, 0.1) is 5.56 Å². The molecule has 5 heteroatoms. The number of urea groups is 1. The summed E-state index contributed by atoms with van der Waals surface area (Å²) in [6.45, 7) is 5.49. The Labute approximate surface area is 124 Å². The lowest BCUT2D eigenvalue weighted by Crippen LogP contribution is -2.39. The average Bonchev–Trinajstić information content (AvgIpc) is 3.24. The highest BCUT2D eigenvalue weighted by Gasteiger charge is 2.45. The summed E-state index contributed by atoms with van der Waals surface area (Å²) in [5, 5.41) is 14.5. The number of rotatable bonds is 6. The van der Waals surface area contributed by atoms with Gasteiger partial charge in [0.2, 0.25) is 0 Å². The third-order valence-electron chi connectivity index (χ3n) is 4.37. The molecule has 0 bridgehead atoms. The molecule has 0 aliphatic heterocycles. The van der Waals surface area contributed by atoms with E-state index in [0.29, 0.717) is 24.4 Å². The highest BCUT2D eigenvalue weighted by molar-refractivity contribution is 5.87. The van der Waals surface area contributed by atoms with E-state index in [9.17, 15) is 9.59 Å². The summed E-state index contributed by atoms with van der Waals surface area (Å²) in [7, 11) is 0. The van der Waals surface area contributed by atoms with E-state index in [1.165, 1.54) is 25.0 Å². The van der Waals surface area contributed by atoms with Crippen LogP contribution in [0.15, 0.2) is 24.3 Å². The topological polar surface area (TPSA) is 78.4 Å². The summed E-state index contributed by atoms with van der Waals surface area (Å²) in [6, 6.07) is 6.31. The number of benzene rings is 1. The normalized spacial score (nSPS) is 15.6. The zero-order valence-corrected chi connectivity index (χ0v) is 12.5. The first-order valence-electron chi connectivity index (χ1n) is 7.27. The molecular formula is C16H22N2O3. The number of carbonyl (C=O) groups excluding carboxylic acids is 1. The molecule has 2 amide bonds. The fraction of sp³-hybridized carbons (Fsp3) is 0.500. The second-order valence-electron chi connectivity index (χ2n) is 6.06. The fourth-order valence-corrected chi connectivity index (χ4v) is 2.39. The monoisotopic (exact) mass is 290 g/mol. The highest BCUT2D eigenvalue weighted by Crippen LogP contribution is 2.51. The number of carboxylic acid groups (broad SMARTS) is 1. The van der Waals surface area contributed by atoms with E-state index < -0.39 is 5.97 Å². The highest BCUT2D eigenvalue weighted by atomic mass is 16.4. The molecule has 1 aliphatic rings. The van der Waals surface area contributed by atoms with Gasteiger partial charge in [0.15, 0.2) is 0 Å². The van der Waals surface area contributed by atoms with Gasteiger partial charge in [-0.05, 0) is 41.9 Å². The van der Waals surface area contributed by atoms with Crippen LogP contribution in [-0.2, 0) is 6.54 Å². The van der Waals surface area contributed by atoms with Crippen LogP contribution in [0.4, 0.5) is 4.79 Å². The second kappa shape index (κ2) is 6.16. The average molecular weight is 290 g/mol. The van der Waals surface area contributed by atoms with E-state index in [2.05, 4.69) is 24.5 Å². The van der Waals surface area contributed by atoms with E-state index in [-0.39, 0.29) is 11.6 Å². The summed E-state index contributed by atoms with van der Waals surface area (Å²) in [4.78, 5) is 22.5. The van der Waals surface area contributed by atoms with Gasteiger partial charge in [-0.15, -0.1) is 0 Å². The summed E-state index contributed by atoms with van der Waals surface area (Å²) < 4.78 is 0. The van der Waals surface area contributed by atoms with Crippen LogP contribution >= 0.6 is 0 Å². The molecule has 3 N–H and O–H groups in total. The van der Waals surface area contributed by atoms with Gasteiger partial charge in [0.25, 0.3) is 0 Å². The molecule has 1 aromatic rings. The minimum atomic E-state index is -0.948. The van der Waals surface area contributed by atoms with Crippen molar-refractivity contribution in [2.24, 2.45) is 11.3 Å². The number of nitrogens with one attached hydrogen (secondary N) is 2. The Kier molecular flexibility index (Phi) is 4.50. The van der Waals surface area contributed by atoms with E-state index >= 15 is 0 Å². The zero-order valence-electron chi connectivity index (χ0n) is 12.5. The molecule has 0 aromatic heterocycles. The van der Waals surface area contributed by atoms with Gasteiger partial charge >= 0.3 is 12.0 Å². The Morgan fingerprint density at radius 3 is 2.29 bits per heavy atom. The SMILES string of the molecule is CC(C)C1(CNC(=O)NCc2ccc(C(=O)O)cc2)CC1. The summed E-state index contributed by atoms with van der Waals surface area (Å²) in [5.41, 5.74) is 1.41. The molecule has 5 nitrogen and oxygen atoms in total. The lowest BCUT2D eigenvalue weighted by Gasteiger charge is -2.20. The van der Waals surface area contributed by atoms with Gasteiger partial charge in [-0.1, -0.05) is 26.0 Å². The molecule has 114 valence electrons. The van der Waals surface area contributed by atoms with Crippen LogP contribution < -0.4 is 10.6 Å². The van der Waals surface area contributed by atoms with E-state index in [4.69, 9.17) is 5.11 Å². The Bertz CT molecular complexity index is 519. The van der Waals surface area contributed by atoms with Gasteiger partial charge < -0.3 is 15.7 Å². The van der Waals surface area contributed by atoms with E-state index in [1.54, 1.807) is 12.1 Å². The summed E-state index contributed by atoms with van der Waals surface area (Å²) >= 11 is 0. The fourth-order valence-electron chi connectivity index (χ4n) is 2.39. The van der Waals surface area contributed by atoms with Gasteiger partial charge in [-0.25, -0.2) is 9.59 Å². The van der Waals surface area contributed by atoms with Crippen LogP contribution in [0.25, 0.3) is 0 Å². The second-order valence-corrected chi connectivity index (χ2v) is 6.06. The third-order valence-corrected chi connectivity index (χ3v) is 4.37. The maximum atomic E-state index is 11.8. The van der Waals surface area contributed by atoms with E-state index in [0.717, 1.165) is 5.56 Å². The van der Waals surface area contributed by atoms with Crippen molar-refractivity contribution in [1.29, 1.82) is 0 Å². The number of amides is 2. The maximum Gasteiger partial charge on any atom is 0.335 e. The standard InChI is InChI=1S/C16H22N2O3/c1-11(2)16(7-8-16)10-18-15(21)17-9-12-3-5-13(6-4-12)14(19)20/h3-6,11H,7-10H2,1-2H3,(H,19,20)(H2,17,18,21). The van der Waals surface area contributed by atoms with Crippen LogP contribution in [0, 0.1) is 11.3 Å². The van der Waals surface area contributed by atoms with Crippen LogP contribution in [0.5, 0.6) is 0 Å². The molecule has 1 fully saturated rings. The van der Waals surface area contributed by atoms with Gasteiger partial charge in [-0.2, -0.15) is 0 Å². The van der Waals surface area contributed by atoms with Crippen LogP contribution in [0.1, 0.15) is 42.6 Å². The lowest BCUT2D eigenvalue weighted by atomic mass is 9.92. The van der Waals surface area contributed by atoms with Crippen molar-refractivity contribution in [1.82, 2.24) is 10.6 Å². The Morgan fingerprint density at radius 1 is 1.19 bits per heavy atom. The number of carbonyl (C=O) groups is 2. The molecule has 0 saturated heterocycles. The predicted octanol–water partition coefficient (Wildman–Crippen LogP) is 2.62. The Hall–Kier alpha value is -2.04. The van der Waals surface area contributed by atoms with Crippen molar-refractivity contribution in [2.45, 2.75) is 33.2 Å². The van der Waals surface area contributed by atoms with Crippen LogP contribution in [0.2, 0.25) is 0 Å². The molecule has 21 heavy (non-hydrogen) atoms. The van der Waals surface area contributed by atoms with Crippen LogP contribution in [-0.4, -0.2) is 23.7 Å². The van der Waals surface area contributed by atoms with Crippen molar-refractivity contribution in [3.05, 3.63) is 35.4 Å². The summed E-state index contributed by atoms with van der Waals surface area (Å²) in [5.74, 6) is -0.364.